The van der Waals surface area contributed by atoms with Crippen molar-refractivity contribution in [1.82, 2.24) is 4.98 Å². The van der Waals surface area contributed by atoms with Crippen LogP contribution in [0.5, 0.6) is 5.75 Å². The van der Waals surface area contributed by atoms with Crippen molar-refractivity contribution in [2.75, 3.05) is 0 Å². The molecule has 3 rings (SSSR count). The first-order chi connectivity index (χ1) is 12.0. The van der Waals surface area contributed by atoms with Crippen LogP contribution in [-0.4, -0.2) is 15.0 Å². The molecule has 0 amide bonds. The Kier molecular flexibility index (Phi) is 4.48. The predicted molar refractivity (Wildman–Crippen MR) is 99.5 cm³/mol. The van der Waals surface area contributed by atoms with Crippen LogP contribution in [0.1, 0.15) is 36.6 Å². The number of rotatable bonds is 4. The fourth-order valence-corrected chi connectivity index (χ4v) is 2.73. The molecule has 0 fully saturated rings. The van der Waals surface area contributed by atoms with Gasteiger partial charge in [-0.15, -0.1) is 0 Å². The molecule has 0 radical (unpaired) electrons. The van der Waals surface area contributed by atoms with Gasteiger partial charge in [0.25, 0.3) is 5.69 Å². The lowest BCUT2D eigenvalue weighted by atomic mass is 9.99. The fourth-order valence-electron chi connectivity index (χ4n) is 2.73. The molecule has 0 aliphatic heterocycles. The first-order valence-electron chi connectivity index (χ1n) is 8.01. The number of para-hydroxylation sites is 1. The maximum absolute atomic E-state index is 11.3. The largest absolute Gasteiger partial charge is 0.506 e. The lowest BCUT2D eigenvalue weighted by Gasteiger charge is -2.07. The molecule has 0 saturated carbocycles. The highest BCUT2D eigenvalue weighted by Gasteiger charge is 2.16. The molecule has 0 saturated heterocycles. The van der Waals surface area contributed by atoms with Gasteiger partial charge in [0.2, 0.25) is 0 Å². The van der Waals surface area contributed by atoms with Crippen LogP contribution in [0.15, 0.2) is 48.5 Å². The summed E-state index contributed by atoms with van der Waals surface area (Å²) in [4.78, 5) is 15.4. The Morgan fingerprint density at radius 3 is 2.64 bits per heavy atom. The van der Waals surface area contributed by atoms with Gasteiger partial charge in [-0.1, -0.05) is 50.3 Å². The number of benzene rings is 2. The lowest BCUT2D eigenvalue weighted by Crippen LogP contribution is -1.97. The van der Waals surface area contributed by atoms with E-state index in [4.69, 9.17) is 0 Å². The number of aromatic hydroxyl groups is 1. The van der Waals surface area contributed by atoms with Gasteiger partial charge >= 0.3 is 0 Å². The standard InChI is InChI=1S/C20H18N2O3/c1-13(2)17-11-7-14(12-18(17)22(24)25)6-9-16-10-8-15-4-3-5-19(23)20(15)21-16/h3-13,23H,1-2H3/b9-6+. The Morgan fingerprint density at radius 2 is 1.92 bits per heavy atom. The first kappa shape index (κ1) is 16.6. The highest BCUT2D eigenvalue weighted by Crippen LogP contribution is 2.28. The van der Waals surface area contributed by atoms with Gasteiger partial charge < -0.3 is 5.11 Å². The van der Waals surface area contributed by atoms with Crippen LogP contribution < -0.4 is 0 Å². The van der Waals surface area contributed by atoms with Crippen molar-refractivity contribution in [2.24, 2.45) is 0 Å². The topological polar surface area (TPSA) is 76.3 Å². The minimum Gasteiger partial charge on any atom is -0.506 e. The Morgan fingerprint density at radius 1 is 1.12 bits per heavy atom. The second kappa shape index (κ2) is 6.73. The number of pyridine rings is 1. The number of phenols is 1. The van der Waals surface area contributed by atoms with Crippen LogP contribution in [0.3, 0.4) is 0 Å². The van der Waals surface area contributed by atoms with E-state index >= 15 is 0 Å². The van der Waals surface area contributed by atoms with Crippen molar-refractivity contribution in [2.45, 2.75) is 19.8 Å². The van der Waals surface area contributed by atoms with Crippen LogP contribution in [-0.2, 0) is 0 Å². The van der Waals surface area contributed by atoms with Gasteiger partial charge in [-0.3, -0.25) is 10.1 Å². The maximum atomic E-state index is 11.3. The molecule has 0 aliphatic rings. The minimum absolute atomic E-state index is 0.0866. The summed E-state index contributed by atoms with van der Waals surface area (Å²) in [5.41, 5.74) is 2.78. The molecule has 5 nitrogen and oxygen atoms in total. The molecule has 126 valence electrons. The summed E-state index contributed by atoms with van der Waals surface area (Å²) in [7, 11) is 0. The molecule has 1 N–H and O–H groups in total. The Labute approximate surface area is 145 Å². The molecule has 0 atom stereocenters. The first-order valence-corrected chi connectivity index (χ1v) is 8.01. The molecule has 0 spiro atoms. The molecular weight excluding hydrogens is 316 g/mol. The smallest absolute Gasteiger partial charge is 0.273 e. The summed E-state index contributed by atoms with van der Waals surface area (Å²) < 4.78 is 0. The quantitative estimate of drug-likeness (QED) is 0.529. The molecule has 0 aliphatic carbocycles. The number of nitrogens with zero attached hydrogens (tertiary/aromatic N) is 2. The van der Waals surface area contributed by atoms with E-state index in [1.54, 1.807) is 36.4 Å². The van der Waals surface area contributed by atoms with E-state index in [-0.39, 0.29) is 22.3 Å². The fraction of sp³-hybridized carbons (Fsp3) is 0.150. The molecule has 1 aromatic heterocycles. The second-order valence-corrected chi connectivity index (χ2v) is 6.15. The molecule has 0 unspecified atom stereocenters. The van der Waals surface area contributed by atoms with Crippen molar-refractivity contribution in [3.05, 3.63) is 75.5 Å². The number of phenolic OH excluding ortho intramolecular Hbond substituents is 1. The Balaban J connectivity index is 1.95. The van der Waals surface area contributed by atoms with Gasteiger partial charge in [-0.2, -0.15) is 0 Å². The summed E-state index contributed by atoms with van der Waals surface area (Å²) >= 11 is 0. The van der Waals surface area contributed by atoms with Crippen molar-refractivity contribution in [3.8, 4) is 5.75 Å². The normalized spacial score (nSPS) is 11.5. The van der Waals surface area contributed by atoms with E-state index in [9.17, 15) is 15.2 Å². The number of aromatic nitrogens is 1. The highest BCUT2D eigenvalue weighted by atomic mass is 16.6. The lowest BCUT2D eigenvalue weighted by molar-refractivity contribution is -0.385. The maximum Gasteiger partial charge on any atom is 0.273 e. The van der Waals surface area contributed by atoms with Crippen LogP contribution in [0.2, 0.25) is 0 Å². The van der Waals surface area contributed by atoms with Gasteiger partial charge in [-0.05, 0) is 29.7 Å². The third kappa shape index (κ3) is 3.50. The van der Waals surface area contributed by atoms with E-state index in [0.29, 0.717) is 11.2 Å². The van der Waals surface area contributed by atoms with Gasteiger partial charge in [0, 0.05) is 17.0 Å². The molecule has 5 heteroatoms. The van der Waals surface area contributed by atoms with Crippen molar-refractivity contribution in [3.63, 3.8) is 0 Å². The van der Waals surface area contributed by atoms with Crippen LogP contribution >= 0.6 is 0 Å². The Hall–Kier alpha value is -3.21. The molecule has 0 bridgehead atoms. The van der Waals surface area contributed by atoms with Crippen LogP contribution in [0.4, 0.5) is 5.69 Å². The number of hydrogen-bond acceptors (Lipinski definition) is 4. The Bertz CT molecular complexity index is 978. The summed E-state index contributed by atoms with van der Waals surface area (Å²) in [6.45, 7) is 3.87. The number of nitro benzene ring substituents is 1. The number of fused-ring (bicyclic) bond motifs is 1. The van der Waals surface area contributed by atoms with E-state index in [1.165, 1.54) is 0 Å². The van der Waals surface area contributed by atoms with Gasteiger partial charge in [-0.25, -0.2) is 4.98 Å². The van der Waals surface area contributed by atoms with E-state index in [0.717, 1.165) is 16.5 Å². The molecular formula is C20H18N2O3. The summed E-state index contributed by atoms with van der Waals surface area (Å²) in [6, 6.07) is 14.2. The second-order valence-electron chi connectivity index (χ2n) is 6.15. The zero-order valence-corrected chi connectivity index (χ0v) is 14.0. The third-order valence-corrected chi connectivity index (χ3v) is 4.04. The summed E-state index contributed by atoms with van der Waals surface area (Å²) in [5, 5.41) is 22.0. The molecule has 25 heavy (non-hydrogen) atoms. The van der Waals surface area contributed by atoms with Crippen molar-refractivity contribution in [1.29, 1.82) is 0 Å². The molecule has 1 heterocycles. The SMILES string of the molecule is CC(C)c1ccc(/C=C/c2ccc3cccc(O)c3n2)cc1[N+](=O)[O-]. The molecule has 3 aromatic rings. The number of hydrogen-bond donors (Lipinski definition) is 1. The minimum atomic E-state index is -0.348. The van der Waals surface area contributed by atoms with E-state index in [2.05, 4.69) is 4.98 Å². The zero-order valence-electron chi connectivity index (χ0n) is 14.0. The molecule has 2 aromatic carbocycles. The van der Waals surface area contributed by atoms with Crippen LogP contribution in [0, 0.1) is 10.1 Å². The van der Waals surface area contributed by atoms with Gasteiger partial charge in [0.05, 0.1) is 10.6 Å². The van der Waals surface area contributed by atoms with Crippen molar-refractivity contribution < 1.29 is 10.0 Å². The van der Waals surface area contributed by atoms with E-state index < -0.39 is 0 Å². The highest BCUT2D eigenvalue weighted by molar-refractivity contribution is 5.85. The third-order valence-electron chi connectivity index (χ3n) is 4.04. The van der Waals surface area contributed by atoms with Crippen LogP contribution in [0.25, 0.3) is 23.1 Å². The van der Waals surface area contributed by atoms with Gasteiger partial charge in [0.15, 0.2) is 0 Å². The van der Waals surface area contributed by atoms with E-state index in [1.807, 2.05) is 38.1 Å². The van der Waals surface area contributed by atoms with Crippen molar-refractivity contribution >= 4 is 28.7 Å². The average molecular weight is 334 g/mol. The average Bonchev–Trinajstić information content (AvgIpc) is 2.60. The number of nitro groups is 1. The zero-order chi connectivity index (χ0) is 18.0. The summed E-state index contributed by atoms with van der Waals surface area (Å²) in [5.74, 6) is 0.216. The summed E-state index contributed by atoms with van der Waals surface area (Å²) in [6.07, 6.45) is 3.56. The van der Waals surface area contributed by atoms with Gasteiger partial charge in [0.1, 0.15) is 11.3 Å². The monoisotopic (exact) mass is 334 g/mol. The predicted octanol–water partition coefficient (Wildman–Crippen LogP) is 5.14.